The first-order valence-corrected chi connectivity index (χ1v) is 9.45. The molecule has 3 nitrogen and oxygen atoms in total. The van der Waals surface area contributed by atoms with E-state index in [0.29, 0.717) is 0 Å². The van der Waals surface area contributed by atoms with E-state index >= 15 is 0 Å². The van der Waals surface area contributed by atoms with Crippen molar-refractivity contribution in [2.24, 2.45) is 5.92 Å². The highest BCUT2D eigenvalue weighted by atomic mass is 15.2. The molecule has 2 aliphatic heterocycles. The first-order valence-electron chi connectivity index (χ1n) is 9.45. The zero-order chi connectivity index (χ0) is 16.1. The lowest BCUT2D eigenvalue weighted by Gasteiger charge is -2.33. The number of piperidine rings is 1. The van der Waals surface area contributed by atoms with Crippen molar-refractivity contribution in [3.8, 4) is 0 Å². The van der Waals surface area contributed by atoms with Crippen LogP contribution in [0.5, 0.6) is 0 Å². The molecule has 0 aromatic heterocycles. The van der Waals surface area contributed by atoms with E-state index in [2.05, 4.69) is 52.9 Å². The Kier molecular flexibility index (Phi) is 5.96. The third-order valence-corrected chi connectivity index (χ3v) is 5.49. The van der Waals surface area contributed by atoms with Crippen LogP contribution in [0.3, 0.4) is 0 Å². The SMILES string of the molecule is CC1CCCN(c2ccc(CCCN3CCN(C)CC3)cc2)C1. The zero-order valence-electron chi connectivity index (χ0n) is 15.0. The van der Waals surface area contributed by atoms with Gasteiger partial charge in [-0.1, -0.05) is 19.1 Å². The van der Waals surface area contributed by atoms with Gasteiger partial charge in [0, 0.05) is 45.0 Å². The Morgan fingerprint density at radius 1 is 1.00 bits per heavy atom. The maximum Gasteiger partial charge on any atom is 0.0366 e. The summed E-state index contributed by atoms with van der Waals surface area (Å²) in [5, 5.41) is 0. The maximum atomic E-state index is 2.61. The van der Waals surface area contributed by atoms with E-state index in [1.807, 2.05) is 0 Å². The number of likely N-dealkylation sites (N-methyl/N-ethyl adjacent to an activating group) is 1. The van der Waals surface area contributed by atoms with Crippen LogP contribution in [0.2, 0.25) is 0 Å². The molecule has 1 aromatic carbocycles. The van der Waals surface area contributed by atoms with E-state index in [-0.39, 0.29) is 0 Å². The van der Waals surface area contributed by atoms with E-state index in [0.717, 1.165) is 5.92 Å². The van der Waals surface area contributed by atoms with Crippen LogP contribution in [0.15, 0.2) is 24.3 Å². The second kappa shape index (κ2) is 8.16. The largest absolute Gasteiger partial charge is 0.371 e. The Hall–Kier alpha value is -1.06. The molecule has 0 saturated carbocycles. The summed E-state index contributed by atoms with van der Waals surface area (Å²) in [4.78, 5) is 7.60. The van der Waals surface area contributed by atoms with Crippen molar-refractivity contribution >= 4 is 5.69 Å². The van der Waals surface area contributed by atoms with Crippen molar-refractivity contribution in [2.75, 3.05) is 57.8 Å². The van der Waals surface area contributed by atoms with Crippen LogP contribution < -0.4 is 4.90 Å². The van der Waals surface area contributed by atoms with Gasteiger partial charge in [-0.2, -0.15) is 0 Å². The normalized spacial score (nSPS) is 24.1. The van der Waals surface area contributed by atoms with Crippen molar-refractivity contribution in [3.05, 3.63) is 29.8 Å². The summed E-state index contributed by atoms with van der Waals surface area (Å²) < 4.78 is 0. The lowest BCUT2D eigenvalue weighted by Crippen LogP contribution is -2.44. The van der Waals surface area contributed by atoms with Gasteiger partial charge in [-0.3, -0.25) is 0 Å². The molecular formula is C20H33N3. The molecule has 128 valence electrons. The van der Waals surface area contributed by atoms with Gasteiger partial charge in [-0.25, -0.2) is 0 Å². The van der Waals surface area contributed by atoms with Crippen LogP contribution >= 0.6 is 0 Å². The minimum absolute atomic E-state index is 0.840. The first-order chi connectivity index (χ1) is 11.2. The Bertz CT molecular complexity index is 462. The number of rotatable bonds is 5. The van der Waals surface area contributed by atoms with Crippen LogP contribution in [0.25, 0.3) is 0 Å². The van der Waals surface area contributed by atoms with E-state index in [4.69, 9.17) is 0 Å². The average molecular weight is 316 g/mol. The van der Waals surface area contributed by atoms with E-state index in [1.54, 1.807) is 0 Å². The first kappa shape index (κ1) is 16.8. The van der Waals surface area contributed by atoms with Crippen LogP contribution in [0, 0.1) is 5.92 Å². The third kappa shape index (κ3) is 4.95. The van der Waals surface area contributed by atoms with Crippen molar-refractivity contribution < 1.29 is 0 Å². The Morgan fingerprint density at radius 3 is 2.43 bits per heavy atom. The van der Waals surface area contributed by atoms with Gasteiger partial charge in [0.2, 0.25) is 0 Å². The molecule has 0 aliphatic carbocycles. The molecule has 2 aliphatic rings. The minimum atomic E-state index is 0.840. The Morgan fingerprint density at radius 2 is 1.74 bits per heavy atom. The van der Waals surface area contributed by atoms with Gasteiger partial charge >= 0.3 is 0 Å². The fraction of sp³-hybridized carbons (Fsp3) is 0.700. The number of nitrogens with zero attached hydrogens (tertiary/aromatic N) is 3. The number of anilines is 1. The molecule has 2 heterocycles. The summed E-state index contributed by atoms with van der Waals surface area (Å²) in [7, 11) is 2.22. The summed E-state index contributed by atoms with van der Waals surface area (Å²) in [6, 6.07) is 9.36. The molecule has 2 fully saturated rings. The molecule has 3 rings (SSSR count). The topological polar surface area (TPSA) is 9.72 Å². The van der Waals surface area contributed by atoms with Gasteiger partial charge in [0.15, 0.2) is 0 Å². The second-order valence-electron chi connectivity index (χ2n) is 7.61. The lowest BCUT2D eigenvalue weighted by molar-refractivity contribution is 0.153. The highest BCUT2D eigenvalue weighted by Crippen LogP contribution is 2.23. The molecule has 3 heteroatoms. The van der Waals surface area contributed by atoms with Crippen LogP contribution in [0.4, 0.5) is 5.69 Å². The molecule has 0 bridgehead atoms. The lowest BCUT2D eigenvalue weighted by atomic mass is 9.99. The third-order valence-electron chi connectivity index (χ3n) is 5.49. The number of benzene rings is 1. The van der Waals surface area contributed by atoms with E-state index in [9.17, 15) is 0 Å². The molecule has 0 N–H and O–H groups in total. The van der Waals surface area contributed by atoms with Gasteiger partial charge in [0.05, 0.1) is 0 Å². The predicted molar refractivity (Wildman–Crippen MR) is 99.3 cm³/mol. The highest BCUT2D eigenvalue weighted by Gasteiger charge is 2.16. The average Bonchev–Trinajstić information content (AvgIpc) is 2.57. The zero-order valence-corrected chi connectivity index (χ0v) is 15.0. The minimum Gasteiger partial charge on any atom is -0.371 e. The van der Waals surface area contributed by atoms with Crippen LogP contribution in [0.1, 0.15) is 31.7 Å². The fourth-order valence-corrected chi connectivity index (χ4v) is 3.88. The van der Waals surface area contributed by atoms with Crippen molar-refractivity contribution in [1.29, 1.82) is 0 Å². The molecule has 0 amide bonds. The summed E-state index contributed by atoms with van der Waals surface area (Å²) in [6.07, 6.45) is 5.22. The molecule has 1 unspecified atom stereocenters. The van der Waals surface area contributed by atoms with Gasteiger partial charge < -0.3 is 14.7 Å². The summed E-state index contributed by atoms with van der Waals surface area (Å²) in [6.45, 7) is 11.0. The molecular weight excluding hydrogens is 282 g/mol. The van der Waals surface area contributed by atoms with Gasteiger partial charge in [-0.15, -0.1) is 0 Å². The van der Waals surface area contributed by atoms with Gasteiger partial charge in [-0.05, 0) is 62.9 Å². The summed E-state index contributed by atoms with van der Waals surface area (Å²) >= 11 is 0. The van der Waals surface area contributed by atoms with Gasteiger partial charge in [0.1, 0.15) is 0 Å². The molecule has 0 spiro atoms. The Balaban J connectivity index is 1.42. The summed E-state index contributed by atoms with van der Waals surface area (Å²) in [5.41, 5.74) is 2.91. The fourth-order valence-electron chi connectivity index (χ4n) is 3.88. The maximum absolute atomic E-state index is 2.61. The van der Waals surface area contributed by atoms with E-state index < -0.39 is 0 Å². The number of aryl methyl sites for hydroxylation is 1. The Labute approximate surface area is 142 Å². The van der Waals surface area contributed by atoms with E-state index in [1.165, 1.54) is 82.7 Å². The highest BCUT2D eigenvalue weighted by molar-refractivity contribution is 5.48. The standard InChI is InChI=1S/C20H33N3/c1-18-5-3-12-23(17-18)20-9-7-19(8-10-20)6-4-11-22-15-13-21(2)14-16-22/h7-10,18H,3-6,11-17H2,1-2H3. The molecule has 23 heavy (non-hydrogen) atoms. The number of hydrogen-bond acceptors (Lipinski definition) is 3. The molecule has 2 saturated heterocycles. The van der Waals surface area contributed by atoms with Crippen molar-refractivity contribution in [1.82, 2.24) is 9.80 Å². The molecule has 1 atom stereocenters. The number of piperazine rings is 1. The summed E-state index contributed by atoms with van der Waals surface area (Å²) in [5.74, 6) is 0.840. The second-order valence-corrected chi connectivity index (χ2v) is 7.61. The quantitative estimate of drug-likeness (QED) is 0.827. The smallest absolute Gasteiger partial charge is 0.0366 e. The molecule has 1 aromatic rings. The van der Waals surface area contributed by atoms with Gasteiger partial charge in [0.25, 0.3) is 0 Å². The predicted octanol–water partition coefficient (Wildman–Crippen LogP) is 3.10. The monoisotopic (exact) mass is 315 g/mol. The van der Waals surface area contributed by atoms with Crippen molar-refractivity contribution in [3.63, 3.8) is 0 Å². The van der Waals surface area contributed by atoms with Crippen molar-refractivity contribution in [2.45, 2.75) is 32.6 Å². The van der Waals surface area contributed by atoms with Crippen LogP contribution in [-0.4, -0.2) is 62.7 Å². The van der Waals surface area contributed by atoms with Crippen LogP contribution in [-0.2, 0) is 6.42 Å². The molecule has 0 radical (unpaired) electrons. The number of hydrogen-bond donors (Lipinski definition) is 0.